The summed E-state index contributed by atoms with van der Waals surface area (Å²) in [6.45, 7) is 4.99. The summed E-state index contributed by atoms with van der Waals surface area (Å²) in [5.74, 6) is 1.02. The third-order valence-electron chi connectivity index (χ3n) is 4.91. The van der Waals surface area contributed by atoms with Crippen LogP contribution < -0.4 is 4.74 Å². The van der Waals surface area contributed by atoms with E-state index in [0.717, 1.165) is 37.5 Å². The number of hydrogen-bond acceptors (Lipinski definition) is 8. The number of aryl methyl sites for hydroxylation is 1. The molecule has 0 amide bonds. The minimum Gasteiger partial charge on any atom is -0.493 e. The van der Waals surface area contributed by atoms with Gasteiger partial charge in [-0.05, 0) is 49.2 Å². The second-order valence-electron chi connectivity index (χ2n) is 6.95. The molecule has 32 heavy (non-hydrogen) atoms. The molecule has 0 saturated carbocycles. The third kappa shape index (κ3) is 4.36. The largest absolute Gasteiger partial charge is 0.493 e. The maximum Gasteiger partial charge on any atom is 0.337 e. The lowest BCUT2D eigenvalue weighted by Gasteiger charge is -2.09. The molecule has 0 unspecified atom stereocenters. The van der Waals surface area contributed by atoms with Crippen molar-refractivity contribution in [1.29, 1.82) is 0 Å². The van der Waals surface area contributed by atoms with Crippen LogP contribution in [0.2, 0.25) is 0 Å². The maximum absolute atomic E-state index is 11.6. The summed E-state index contributed by atoms with van der Waals surface area (Å²) in [5.41, 5.74) is 4.39. The molecule has 8 heteroatoms. The molecule has 4 rings (SSSR count). The van der Waals surface area contributed by atoms with E-state index in [1.54, 1.807) is 23.5 Å². The molecule has 162 valence electrons. The molecule has 0 N–H and O–H groups in total. The van der Waals surface area contributed by atoms with Crippen molar-refractivity contribution in [2.45, 2.75) is 20.4 Å². The first-order valence-corrected chi connectivity index (χ1v) is 10.9. The smallest absolute Gasteiger partial charge is 0.337 e. The van der Waals surface area contributed by atoms with Crippen molar-refractivity contribution in [2.24, 2.45) is 10.2 Å². The zero-order valence-corrected chi connectivity index (χ0v) is 18.8. The van der Waals surface area contributed by atoms with Crippen molar-refractivity contribution in [1.82, 2.24) is 9.97 Å². The van der Waals surface area contributed by atoms with Gasteiger partial charge in [-0.1, -0.05) is 24.3 Å². The zero-order chi connectivity index (χ0) is 22.5. The van der Waals surface area contributed by atoms with E-state index in [1.165, 1.54) is 13.4 Å². The Labute approximate surface area is 189 Å². The molecule has 0 aliphatic carbocycles. The molecule has 0 aliphatic heterocycles. The van der Waals surface area contributed by atoms with E-state index in [9.17, 15) is 4.79 Å². The number of carbonyl (C=O) groups is 1. The van der Waals surface area contributed by atoms with Crippen LogP contribution in [0.4, 0.5) is 5.82 Å². The van der Waals surface area contributed by atoms with Gasteiger partial charge in [0.15, 0.2) is 5.82 Å². The van der Waals surface area contributed by atoms with Gasteiger partial charge in [0.2, 0.25) is 0 Å². The standard InChI is InChI=1S/C24H22N4O3S/c1-4-31-19-8-6-5-7-18(19)21-15(2)20-22(32-21)23(26-14-25-20)28-27-13-16-9-11-17(12-10-16)24(29)30-3/h5-12,14H,4,13H2,1-3H3. The predicted octanol–water partition coefficient (Wildman–Crippen LogP) is 6.14. The number of para-hydroxylation sites is 1. The SMILES string of the molecule is CCOc1ccccc1-c1sc2c(N=NCc3ccc(C(=O)OC)cc3)ncnc2c1C. The fraction of sp³-hybridized carbons (Fsp3) is 0.208. The first-order valence-electron chi connectivity index (χ1n) is 10.1. The van der Waals surface area contributed by atoms with Crippen molar-refractivity contribution in [3.05, 3.63) is 71.5 Å². The highest BCUT2D eigenvalue weighted by Crippen LogP contribution is 2.43. The van der Waals surface area contributed by atoms with Crippen molar-refractivity contribution in [2.75, 3.05) is 13.7 Å². The maximum atomic E-state index is 11.6. The highest BCUT2D eigenvalue weighted by atomic mass is 32.1. The number of fused-ring (bicyclic) bond motifs is 1. The molecule has 0 bridgehead atoms. The molecule has 0 fully saturated rings. The molecule has 0 radical (unpaired) electrons. The highest BCUT2D eigenvalue weighted by molar-refractivity contribution is 7.23. The molecule has 2 aromatic heterocycles. The molecular weight excluding hydrogens is 424 g/mol. The summed E-state index contributed by atoms with van der Waals surface area (Å²) < 4.78 is 11.4. The molecule has 0 saturated heterocycles. The van der Waals surface area contributed by atoms with Gasteiger partial charge in [0, 0.05) is 10.4 Å². The van der Waals surface area contributed by atoms with Gasteiger partial charge in [0.25, 0.3) is 0 Å². The minimum absolute atomic E-state index is 0.365. The van der Waals surface area contributed by atoms with E-state index >= 15 is 0 Å². The number of azo groups is 1. The number of esters is 1. The Morgan fingerprint density at radius 2 is 1.88 bits per heavy atom. The predicted molar refractivity (Wildman–Crippen MR) is 125 cm³/mol. The van der Waals surface area contributed by atoms with Crippen LogP contribution in [-0.2, 0) is 11.3 Å². The fourth-order valence-electron chi connectivity index (χ4n) is 3.32. The number of thiophene rings is 1. The highest BCUT2D eigenvalue weighted by Gasteiger charge is 2.17. The van der Waals surface area contributed by atoms with E-state index in [0.29, 0.717) is 24.5 Å². The van der Waals surface area contributed by atoms with Gasteiger partial charge in [-0.3, -0.25) is 0 Å². The second-order valence-corrected chi connectivity index (χ2v) is 7.97. The average molecular weight is 447 g/mol. The number of benzene rings is 2. The summed E-state index contributed by atoms with van der Waals surface area (Å²) in [6.07, 6.45) is 1.51. The zero-order valence-electron chi connectivity index (χ0n) is 18.0. The van der Waals surface area contributed by atoms with Crippen molar-refractivity contribution < 1.29 is 14.3 Å². The van der Waals surface area contributed by atoms with Crippen molar-refractivity contribution >= 4 is 33.3 Å². The number of hydrogen-bond donors (Lipinski definition) is 0. The minimum atomic E-state index is -0.365. The molecule has 4 aromatic rings. The Kier molecular flexibility index (Phi) is 6.51. The van der Waals surface area contributed by atoms with Crippen LogP contribution in [0, 0.1) is 6.92 Å². The number of methoxy groups -OCH3 is 1. The average Bonchev–Trinajstić information content (AvgIpc) is 3.17. The lowest BCUT2D eigenvalue weighted by atomic mass is 10.1. The van der Waals surface area contributed by atoms with Gasteiger partial charge < -0.3 is 9.47 Å². The van der Waals surface area contributed by atoms with Crippen molar-refractivity contribution in [3.8, 4) is 16.2 Å². The van der Waals surface area contributed by atoms with Crippen LogP contribution in [-0.4, -0.2) is 29.7 Å². The van der Waals surface area contributed by atoms with E-state index in [2.05, 4.69) is 26.3 Å². The first kappa shape index (κ1) is 21.6. The summed E-state index contributed by atoms with van der Waals surface area (Å²) in [4.78, 5) is 21.5. The fourth-order valence-corrected chi connectivity index (χ4v) is 4.54. The molecule has 2 aromatic carbocycles. The lowest BCUT2D eigenvalue weighted by Crippen LogP contribution is -2.00. The number of rotatable bonds is 7. The normalized spacial score (nSPS) is 11.2. The molecular formula is C24H22N4O3S. The number of carbonyl (C=O) groups excluding carboxylic acids is 1. The van der Waals surface area contributed by atoms with Gasteiger partial charge in [0.1, 0.15) is 16.8 Å². The molecule has 0 aliphatic rings. The Morgan fingerprint density at radius 1 is 1.09 bits per heavy atom. The molecule has 0 spiro atoms. The van der Waals surface area contributed by atoms with Gasteiger partial charge in [-0.2, -0.15) is 5.11 Å². The van der Waals surface area contributed by atoms with E-state index in [4.69, 9.17) is 9.47 Å². The summed E-state index contributed by atoms with van der Waals surface area (Å²) in [7, 11) is 1.36. The van der Waals surface area contributed by atoms with Crippen LogP contribution in [0.5, 0.6) is 5.75 Å². The van der Waals surface area contributed by atoms with Gasteiger partial charge in [-0.15, -0.1) is 16.5 Å². The summed E-state index contributed by atoms with van der Waals surface area (Å²) in [6, 6.07) is 15.1. The quantitative estimate of drug-likeness (QED) is 0.251. The van der Waals surface area contributed by atoms with E-state index in [-0.39, 0.29) is 5.97 Å². The molecule has 0 atom stereocenters. The van der Waals surface area contributed by atoms with Crippen LogP contribution in [0.3, 0.4) is 0 Å². The van der Waals surface area contributed by atoms with E-state index in [1.807, 2.05) is 44.2 Å². The van der Waals surface area contributed by atoms with Gasteiger partial charge in [0.05, 0.1) is 31.3 Å². The Hall–Kier alpha value is -3.65. The van der Waals surface area contributed by atoms with Crippen LogP contribution in [0.25, 0.3) is 20.7 Å². The Balaban J connectivity index is 1.62. The summed E-state index contributed by atoms with van der Waals surface area (Å²) >= 11 is 1.59. The Bertz CT molecular complexity index is 1280. The number of nitrogens with zero attached hydrogens (tertiary/aromatic N) is 4. The van der Waals surface area contributed by atoms with Crippen LogP contribution in [0.15, 0.2) is 65.1 Å². The molecule has 7 nitrogen and oxygen atoms in total. The van der Waals surface area contributed by atoms with Crippen LogP contribution >= 0.6 is 11.3 Å². The monoisotopic (exact) mass is 446 g/mol. The Morgan fingerprint density at radius 3 is 2.62 bits per heavy atom. The van der Waals surface area contributed by atoms with E-state index < -0.39 is 0 Å². The van der Waals surface area contributed by atoms with Crippen molar-refractivity contribution in [3.63, 3.8) is 0 Å². The summed E-state index contributed by atoms with van der Waals surface area (Å²) in [5, 5.41) is 8.69. The van der Waals surface area contributed by atoms with Gasteiger partial charge in [-0.25, -0.2) is 14.8 Å². The number of ether oxygens (including phenoxy) is 2. The first-order chi connectivity index (χ1) is 15.6. The molecule has 2 heterocycles. The van der Waals surface area contributed by atoms with Crippen LogP contribution in [0.1, 0.15) is 28.4 Å². The number of aromatic nitrogens is 2. The topological polar surface area (TPSA) is 86.0 Å². The third-order valence-corrected chi connectivity index (χ3v) is 6.22. The lowest BCUT2D eigenvalue weighted by molar-refractivity contribution is 0.0600. The second kappa shape index (κ2) is 9.65. The van der Waals surface area contributed by atoms with Gasteiger partial charge >= 0.3 is 5.97 Å².